The average molecular weight is 227 g/mol. The van der Waals surface area contributed by atoms with Gasteiger partial charge in [-0.25, -0.2) is 0 Å². The number of guanidine groups is 1. The minimum Gasteiger partial charge on any atom is -0.378 e. The summed E-state index contributed by atoms with van der Waals surface area (Å²) >= 11 is 0. The van der Waals surface area contributed by atoms with Gasteiger partial charge >= 0.3 is 0 Å². The Morgan fingerprint density at radius 1 is 1.56 bits per heavy atom. The van der Waals surface area contributed by atoms with Gasteiger partial charge in [0.05, 0.1) is 6.10 Å². The Kier molecular flexibility index (Phi) is 4.59. The van der Waals surface area contributed by atoms with Crippen LogP contribution in [0.1, 0.15) is 40.0 Å². The van der Waals surface area contributed by atoms with E-state index in [4.69, 9.17) is 10.5 Å². The van der Waals surface area contributed by atoms with Gasteiger partial charge in [-0.1, -0.05) is 27.2 Å². The van der Waals surface area contributed by atoms with Gasteiger partial charge < -0.3 is 15.8 Å². The van der Waals surface area contributed by atoms with E-state index < -0.39 is 0 Å². The maximum Gasteiger partial charge on any atom is 0.188 e. The topological polar surface area (TPSA) is 59.6 Å². The van der Waals surface area contributed by atoms with Gasteiger partial charge in [0.2, 0.25) is 0 Å². The lowest BCUT2D eigenvalue weighted by Crippen LogP contribution is -2.63. The SMILES string of the molecule is CCCCOC1CC(NC(N)=NC)C1(C)C. The monoisotopic (exact) mass is 227 g/mol. The van der Waals surface area contributed by atoms with Crippen LogP contribution in [0.4, 0.5) is 0 Å². The molecule has 0 bridgehead atoms. The molecule has 0 heterocycles. The van der Waals surface area contributed by atoms with Crippen molar-refractivity contribution < 1.29 is 4.74 Å². The molecule has 16 heavy (non-hydrogen) atoms. The van der Waals surface area contributed by atoms with E-state index in [9.17, 15) is 0 Å². The Morgan fingerprint density at radius 3 is 2.75 bits per heavy atom. The van der Waals surface area contributed by atoms with Gasteiger partial charge in [0.15, 0.2) is 5.96 Å². The van der Waals surface area contributed by atoms with E-state index in [-0.39, 0.29) is 5.41 Å². The van der Waals surface area contributed by atoms with Gasteiger partial charge in [-0.05, 0) is 12.8 Å². The molecule has 94 valence electrons. The van der Waals surface area contributed by atoms with E-state index in [1.54, 1.807) is 7.05 Å². The molecule has 0 saturated heterocycles. The lowest BCUT2D eigenvalue weighted by atomic mass is 9.64. The van der Waals surface area contributed by atoms with Crippen LogP contribution in [0.2, 0.25) is 0 Å². The number of nitrogens with two attached hydrogens (primary N) is 1. The standard InChI is InChI=1S/C12H25N3O/c1-5-6-7-16-10-8-9(12(10,2)3)15-11(13)14-4/h9-10H,5-8H2,1-4H3,(H3,13,14,15). The number of nitrogens with one attached hydrogen (secondary N) is 1. The third-order valence-electron chi connectivity index (χ3n) is 3.56. The summed E-state index contributed by atoms with van der Waals surface area (Å²) in [5, 5.41) is 3.22. The first-order valence-electron chi connectivity index (χ1n) is 6.12. The summed E-state index contributed by atoms with van der Waals surface area (Å²) in [4.78, 5) is 3.92. The molecular weight excluding hydrogens is 202 g/mol. The number of aliphatic imine (C=N–C) groups is 1. The molecule has 0 aromatic rings. The van der Waals surface area contributed by atoms with Crippen LogP contribution < -0.4 is 11.1 Å². The van der Waals surface area contributed by atoms with Crippen molar-refractivity contribution in [2.45, 2.75) is 52.2 Å². The zero-order valence-corrected chi connectivity index (χ0v) is 10.9. The van der Waals surface area contributed by atoms with E-state index in [0.717, 1.165) is 19.4 Å². The van der Waals surface area contributed by atoms with Crippen LogP contribution in [0.5, 0.6) is 0 Å². The molecule has 0 radical (unpaired) electrons. The van der Waals surface area contributed by atoms with Crippen molar-refractivity contribution in [3.8, 4) is 0 Å². The summed E-state index contributed by atoms with van der Waals surface area (Å²) in [6, 6.07) is 0.378. The normalized spacial score (nSPS) is 28.6. The number of ether oxygens (including phenoxy) is 1. The second-order valence-electron chi connectivity index (χ2n) is 5.08. The molecule has 4 nitrogen and oxygen atoms in total. The summed E-state index contributed by atoms with van der Waals surface area (Å²) in [5.74, 6) is 0.519. The highest BCUT2D eigenvalue weighted by molar-refractivity contribution is 5.78. The minimum atomic E-state index is 0.142. The summed E-state index contributed by atoms with van der Waals surface area (Å²) in [5.41, 5.74) is 5.81. The van der Waals surface area contributed by atoms with Crippen LogP contribution >= 0.6 is 0 Å². The van der Waals surface area contributed by atoms with Crippen molar-refractivity contribution in [1.29, 1.82) is 0 Å². The summed E-state index contributed by atoms with van der Waals surface area (Å²) < 4.78 is 5.86. The van der Waals surface area contributed by atoms with Crippen molar-refractivity contribution in [3.05, 3.63) is 0 Å². The van der Waals surface area contributed by atoms with Crippen LogP contribution in [0, 0.1) is 5.41 Å². The smallest absolute Gasteiger partial charge is 0.188 e. The first-order valence-corrected chi connectivity index (χ1v) is 6.12. The maximum atomic E-state index is 5.86. The number of rotatable bonds is 5. The Morgan fingerprint density at radius 2 is 2.25 bits per heavy atom. The summed E-state index contributed by atoms with van der Waals surface area (Å²) in [6.45, 7) is 7.48. The third-order valence-corrected chi connectivity index (χ3v) is 3.56. The minimum absolute atomic E-state index is 0.142. The molecule has 3 N–H and O–H groups in total. The molecule has 2 unspecified atom stereocenters. The fourth-order valence-electron chi connectivity index (χ4n) is 2.03. The van der Waals surface area contributed by atoms with Crippen LogP contribution in [-0.2, 0) is 4.74 Å². The van der Waals surface area contributed by atoms with Crippen molar-refractivity contribution in [2.24, 2.45) is 16.1 Å². The first kappa shape index (κ1) is 13.3. The molecule has 1 rings (SSSR count). The molecule has 0 aliphatic heterocycles. The summed E-state index contributed by atoms with van der Waals surface area (Å²) in [6.07, 6.45) is 3.70. The molecule has 1 fully saturated rings. The second kappa shape index (κ2) is 5.53. The zero-order valence-electron chi connectivity index (χ0n) is 10.9. The lowest BCUT2D eigenvalue weighted by Gasteiger charge is -2.51. The molecule has 1 aliphatic rings. The maximum absolute atomic E-state index is 5.86. The van der Waals surface area contributed by atoms with Crippen LogP contribution in [0.3, 0.4) is 0 Å². The van der Waals surface area contributed by atoms with Gasteiger partial charge in [-0.3, -0.25) is 4.99 Å². The quantitative estimate of drug-likeness (QED) is 0.425. The Balaban J connectivity index is 2.35. The van der Waals surface area contributed by atoms with Gasteiger partial charge in [-0.2, -0.15) is 0 Å². The fraction of sp³-hybridized carbons (Fsp3) is 0.917. The second-order valence-corrected chi connectivity index (χ2v) is 5.08. The van der Waals surface area contributed by atoms with E-state index >= 15 is 0 Å². The van der Waals surface area contributed by atoms with Crippen LogP contribution in [0.15, 0.2) is 4.99 Å². The Labute approximate surface area is 98.6 Å². The molecule has 0 amide bonds. The Bertz CT molecular complexity index is 251. The van der Waals surface area contributed by atoms with Gasteiger partial charge in [0.25, 0.3) is 0 Å². The van der Waals surface area contributed by atoms with E-state index in [1.807, 2.05) is 0 Å². The van der Waals surface area contributed by atoms with Crippen molar-refractivity contribution >= 4 is 5.96 Å². The largest absolute Gasteiger partial charge is 0.378 e. The van der Waals surface area contributed by atoms with Crippen molar-refractivity contribution in [2.75, 3.05) is 13.7 Å². The molecular formula is C12H25N3O. The number of nitrogens with zero attached hydrogens (tertiary/aromatic N) is 1. The first-order chi connectivity index (χ1) is 7.52. The van der Waals surface area contributed by atoms with Crippen molar-refractivity contribution in [1.82, 2.24) is 5.32 Å². The lowest BCUT2D eigenvalue weighted by molar-refractivity contribution is -0.113. The molecule has 4 heteroatoms. The third kappa shape index (κ3) is 2.88. The highest BCUT2D eigenvalue weighted by Gasteiger charge is 2.49. The molecule has 0 spiro atoms. The number of hydrogen-bond acceptors (Lipinski definition) is 2. The predicted molar refractivity (Wildman–Crippen MR) is 67.5 cm³/mol. The van der Waals surface area contributed by atoms with Crippen LogP contribution in [0.25, 0.3) is 0 Å². The molecule has 0 aromatic carbocycles. The van der Waals surface area contributed by atoms with Gasteiger partial charge in [-0.15, -0.1) is 0 Å². The highest BCUT2D eigenvalue weighted by Crippen LogP contribution is 2.42. The highest BCUT2D eigenvalue weighted by atomic mass is 16.5. The van der Waals surface area contributed by atoms with Gasteiger partial charge in [0.1, 0.15) is 0 Å². The fourth-order valence-corrected chi connectivity index (χ4v) is 2.03. The van der Waals surface area contributed by atoms with Gasteiger partial charge in [0, 0.05) is 25.1 Å². The number of hydrogen-bond donors (Lipinski definition) is 2. The van der Waals surface area contributed by atoms with E-state index in [0.29, 0.717) is 18.1 Å². The average Bonchev–Trinajstić information content (AvgIpc) is 2.26. The van der Waals surface area contributed by atoms with Crippen LogP contribution in [-0.4, -0.2) is 31.8 Å². The molecule has 0 aromatic heterocycles. The van der Waals surface area contributed by atoms with E-state index in [1.165, 1.54) is 6.42 Å². The zero-order chi connectivity index (χ0) is 12.2. The molecule has 1 aliphatic carbocycles. The molecule has 1 saturated carbocycles. The summed E-state index contributed by atoms with van der Waals surface area (Å²) in [7, 11) is 1.70. The van der Waals surface area contributed by atoms with Crippen molar-refractivity contribution in [3.63, 3.8) is 0 Å². The van der Waals surface area contributed by atoms with E-state index in [2.05, 4.69) is 31.1 Å². The predicted octanol–water partition coefficient (Wildman–Crippen LogP) is 1.50. The molecule has 2 atom stereocenters. The Hall–Kier alpha value is -0.770. The number of unbranched alkanes of at least 4 members (excludes halogenated alkanes) is 1.